The third-order valence-corrected chi connectivity index (χ3v) is 19.7. The topological polar surface area (TPSA) is 9.86 Å². The van der Waals surface area contributed by atoms with Crippen molar-refractivity contribution in [3.63, 3.8) is 0 Å². The Hall–Kier alpha value is -12.1. The van der Waals surface area contributed by atoms with E-state index < -0.39 is 5.41 Å². The molecule has 0 radical (unpaired) electrons. The predicted molar refractivity (Wildman–Crippen MR) is 390 cm³/mol. The fourth-order valence-corrected chi connectivity index (χ4v) is 15.3. The standard InChI is InChI=1S/C91H60N2/c1-3-19-61(20-4-1)62-37-39-65(40-38-62)66-49-53-74(54-50-66)91(84-32-12-7-28-78(84)79-29-8-13-33-85(79)91)75-25-17-23-70(57-75)67-45-41-63(42-46-67)64-43-47-68(48-44-64)71-24-18-26-76(58-71)92-87-35-15-10-30-80(87)82-59-72(51-55-89(82)92)73-52-56-90-83(60-73)81-31-11-16-36-88(81)93(90)86-34-14-9-27-77(86)69-21-5-2-6-22-69/h1-60H. The number of benzene rings is 15. The van der Waals surface area contributed by atoms with Gasteiger partial charge < -0.3 is 9.13 Å². The van der Waals surface area contributed by atoms with Gasteiger partial charge in [-0.3, -0.25) is 0 Å². The molecule has 0 atom stereocenters. The van der Waals surface area contributed by atoms with Gasteiger partial charge in [0.2, 0.25) is 0 Å². The molecular formula is C91H60N2. The Labute approximate surface area is 541 Å². The predicted octanol–water partition coefficient (Wildman–Crippen LogP) is 23.9. The Bertz CT molecular complexity index is 5650. The fraction of sp³-hybridized carbons (Fsp3) is 0.0110. The van der Waals surface area contributed by atoms with Gasteiger partial charge in [0.15, 0.2) is 0 Å². The van der Waals surface area contributed by atoms with Crippen LogP contribution in [0.1, 0.15) is 22.3 Å². The Balaban J connectivity index is 0.636. The summed E-state index contributed by atoms with van der Waals surface area (Å²) in [6.45, 7) is 0. The number of rotatable bonds is 11. The maximum atomic E-state index is 2.44. The second-order valence-electron chi connectivity index (χ2n) is 24.7. The number of hydrogen-bond acceptors (Lipinski definition) is 0. The molecule has 0 aliphatic heterocycles. The number of hydrogen-bond donors (Lipinski definition) is 0. The van der Waals surface area contributed by atoms with Crippen molar-refractivity contribution in [2.45, 2.75) is 5.41 Å². The zero-order valence-corrected chi connectivity index (χ0v) is 51.0. The van der Waals surface area contributed by atoms with E-state index in [1.165, 1.54) is 161 Å². The van der Waals surface area contributed by atoms with Gasteiger partial charge in [-0.2, -0.15) is 0 Å². The molecule has 0 unspecified atom stereocenters. The largest absolute Gasteiger partial charge is 0.309 e. The highest BCUT2D eigenvalue weighted by Crippen LogP contribution is 2.57. The lowest BCUT2D eigenvalue weighted by molar-refractivity contribution is 0.769. The van der Waals surface area contributed by atoms with E-state index in [2.05, 4.69) is 373 Å². The van der Waals surface area contributed by atoms with Crippen molar-refractivity contribution in [2.75, 3.05) is 0 Å². The lowest BCUT2D eigenvalue weighted by Gasteiger charge is -2.34. The van der Waals surface area contributed by atoms with Gasteiger partial charge in [-0.05, 0) is 166 Å². The van der Waals surface area contributed by atoms with Gasteiger partial charge >= 0.3 is 0 Å². The van der Waals surface area contributed by atoms with Crippen LogP contribution in [0.3, 0.4) is 0 Å². The number of para-hydroxylation sites is 3. The first-order chi connectivity index (χ1) is 46.1. The summed E-state index contributed by atoms with van der Waals surface area (Å²) in [7, 11) is 0. The van der Waals surface area contributed by atoms with Crippen molar-refractivity contribution in [2.24, 2.45) is 0 Å². The normalized spacial score (nSPS) is 12.4. The summed E-state index contributed by atoms with van der Waals surface area (Å²) in [5.41, 5.74) is 30.9. The monoisotopic (exact) mass is 1180 g/mol. The molecule has 2 nitrogen and oxygen atoms in total. The quantitative estimate of drug-likeness (QED) is 0.122. The molecule has 2 aromatic heterocycles. The van der Waals surface area contributed by atoms with E-state index in [0.29, 0.717) is 0 Å². The first-order valence-corrected chi connectivity index (χ1v) is 32.2. The van der Waals surface area contributed by atoms with Gasteiger partial charge in [-0.15, -0.1) is 0 Å². The summed E-state index contributed by atoms with van der Waals surface area (Å²) >= 11 is 0. The van der Waals surface area contributed by atoms with Gasteiger partial charge in [-0.1, -0.05) is 303 Å². The van der Waals surface area contributed by atoms with Crippen molar-refractivity contribution in [3.8, 4) is 100 Å². The van der Waals surface area contributed by atoms with Crippen LogP contribution in [0.5, 0.6) is 0 Å². The third kappa shape index (κ3) is 8.94. The van der Waals surface area contributed by atoms with Gasteiger partial charge in [0.25, 0.3) is 0 Å². The summed E-state index contributed by atoms with van der Waals surface area (Å²) in [6, 6.07) is 134. The van der Waals surface area contributed by atoms with Crippen LogP contribution in [0.4, 0.5) is 0 Å². The van der Waals surface area contributed by atoms with Crippen molar-refractivity contribution < 1.29 is 0 Å². The molecule has 0 fully saturated rings. The van der Waals surface area contributed by atoms with E-state index in [4.69, 9.17) is 0 Å². The molecule has 1 aliphatic rings. The molecule has 2 heteroatoms. The van der Waals surface area contributed by atoms with Crippen LogP contribution in [0.15, 0.2) is 364 Å². The van der Waals surface area contributed by atoms with E-state index in [9.17, 15) is 0 Å². The Morgan fingerprint density at radius 2 is 0.538 bits per heavy atom. The van der Waals surface area contributed by atoms with Crippen LogP contribution in [0.25, 0.3) is 144 Å². The summed E-state index contributed by atoms with van der Waals surface area (Å²) in [4.78, 5) is 0. The lowest BCUT2D eigenvalue weighted by atomic mass is 9.67. The molecule has 0 N–H and O–H groups in total. The van der Waals surface area contributed by atoms with Crippen LogP contribution in [-0.2, 0) is 5.41 Å². The van der Waals surface area contributed by atoms with Gasteiger partial charge in [0.1, 0.15) is 0 Å². The fourth-order valence-electron chi connectivity index (χ4n) is 15.3. The van der Waals surface area contributed by atoms with Gasteiger partial charge in [-0.25, -0.2) is 0 Å². The maximum absolute atomic E-state index is 2.44. The third-order valence-electron chi connectivity index (χ3n) is 19.7. The molecular weight excluding hydrogens is 1120 g/mol. The average Bonchev–Trinajstić information content (AvgIpc) is 1.57. The Kier molecular flexibility index (Phi) is 12.8. The van der Waals surface area contributed by atoms with Gasteiger partial charge in [0, 0.05) is 32.8 Å². The van der Waals surface area contributed by atoms with E-state index in [-0.39, 0.29) is 0 Å². The molecule has 18 rings (SSSR count). The second kappa shape index (κ2) is 22.1. The maximum Gasteiger partial charge on any atom is 0.0713 e. The molecule has 0 bridgehead atoms. The zero-order valence-electron chi connectivity index (χ0n) is 51.0. The van der Waals surface area contributed by atoms with Crippen molar-refractivity contribution in [3.05, 3.63) is 386 Å². The first-order valence-electron chi connectivity index (χ1n) is 32.2. The van der Waals surface area contributed by atoms with Gasteiger partial charge in [0.05, 0.1) is 33.2 Å². The van der Waals surface area contributed by atoms with Crippen LogP contribution >= 0.6 is 0 Å². The van der Waals surface area contributed by atoms with Crippen LogP contribution < -0.4 is 0 Å². The molecule has 0 saturated heterocycles. The zero-order chi connectivity index (χ0) is 61.4. The van der Waals surface area contributed by atoms with Crippen molar-refractivity contribution in [1.29, 1.82) is 0 Å². The Morgan fingerprint density at radius 1 is 0.183 bits per heavy atom. The second-order valence-corrected chi connectivity index (χ2v) is 24.7. The number of fused-ring (bicyclic) bond motifs is 9. The van der Waals surface area contributed by atoms with E-state index >= 15 is 0 Å². The molecule has 2 heterocycles. The van der Waals surface area contributed by atoms with Crippen LogP contribution in [0.2, 0.25) is 0 Å². The molecule has 1 aliphatic carbocycles. The molecule has 0 amide bonds. The SMILES string of the molecule is c1ccc(-c2ccc(-c3ccc(C4(c5cccc(-c6ccc(-c7ccc(-c8cccc(-n9c%10ccccc%10c%10cc(-c%11ccc%12c(c%11)c%11ccccc%11n%12-c%11ccccc%11-c%11ccccc%11)ccc%109)c8)cc7)cc6)c5)c5ccccc5-c5ccccc54)cc3)cc2)cc1. The summed E-state index contributed by atoms with van der Waals surface area (Å²) in [5.74, 6) is 0. The molecule has 15 aromatic carbocycles. The average molecular weight is 1180 g/mol. The molecule has 0 spiro atoms. The summed E-state index contributed by atoms with van der Waals surface area (Å²) in [5, 5.41) is 4.94. The summed E-state index contributed by atoms with van der Waals surface area (Å²) in [6.07, 6.45) is 0. The Morgan fingerprint density at radius 3 is 1.09 bits per heavy atom. The minimum absolute atomic E-state index is 0.519. The molecule has 434 valence electrons. The van der Waals surface area contributed by atoms with Crippen molar-refractivity contribution >= 4 is 43.6 Å². The molecule has 0 saturated carbocycles. The highest BCUT2D eigenvalue weighted by Gasteiger charge is 2.46. The number of nitrogens with zero attached hydrogens (tertiary/aromatic N) is 2. The van der Waals surface area contributed by atoms with Crippen molar-refractivity contribution in [1.82, 2.24) is 9.13 Å². The smallest absolute Gasteiger partial charge is 0.0713 e. The van der Waals surface area contributed by atoms with E-state index in [0.717, 1.165) is 5.69 Å². The van der Waals surface area contributed by atoms with Crippen LogP contribution in [-0.4, -0.2) is 9.13 Å². The summed E-state index contributed by atoms with van der Waals surface area (Å²) < 4.78 is 4.87. The molecule has 93 heavy (non-hydrogen) atoms. The van der Waals surface area contributed by atoms with E-state index in [1.807, 2.05) is 0 Å². The lowest BCUT2D eigenvalue weighted by Crippen LogP contribution is -2.28. The highest BCUT2D eigenvalue weighted by molar-refractivity contribution is 6.13. The highest BCUT2D eigenvalue weighted by atomic mass is 15.0. The minimum atomic E-state index is -0.519. The minimum Gasteiger partial charge on any atom is -0.309 e. The van der Waals surface area contributed by atoms with Crippen LogP contribution in [0, 0.1) is 0 Å². The molecule has 17 aromatic rings. The number of aromatic nitrogens is 2. The first kappa shape index (κ1) is 53.9. The van der Waals surface area contributed by atoms with E-state index in [1.54, 1.807) is 0 Å².